The number of fused-ring (bicyclic) bond motifs is 1. The van der Waals surface area contributed by atoms with Crippen LogP contribution in [0.4, 0.5) is 0 Å². The highest BCUT2D eigenvalue weighted by atomic mass is 79.9. The number of aliphatic hydroxyl groups is 1. The average Bonchev–Trinajstić information content (AvgIpc) is 2.94. The summed E-state index contributed by atoms with van der Waals surface area (Å²) >= 11 is 5.14. The van der Waals surface area contributed by atoms with E-state index >= 15 is 0 Å². The number of methoxy groups -OCH3 is 1. The molecule has 0 spiro atoms. The van der Waals surface area contributed by atoms with Crippen molar-refractivity contribution in [3.05, 3.63) is 50.1 Å². The van der Waals surface area contributed by atoms with Gasteiger partial charge in [-0.2, -0.15) is 0 Å². The molecule has 1 heterocycles. The fourth-order valence-corrected chi connectivity index (χ4v) is 4.29. The number of ether oxygens (including phenoxy) is 1. The third kappa shape index (κ3) is 2.45. The third-order valence-corrected chi connectivity index (χ3v) is 5.41. The number of hydrogen-bond donors (Lipinski definition) is 1. The van der Waals surface area contributed by atoms with Crippen molar-refractivity contribution in [2.75, 3.05) is 7.11 Å². The van der Waals surface area contributed by atoms with Crippen LogP contribution in [0.5, 0.6) is 5.75 Å². The molecule has 0 amide bonds. The third-order valence-electron chi connectivity index (χ3n) is 3.71. The number of thiophene rings is 1. The van der Waals surface area contributed by atoms with Crippen LogP contribution in [0.3, 0.4) is 0 Å². The zero-order valence-electron chi connectivity index (χ0n) is 10.6. The molecule has 1 N–H and O–H groups in total. The lowest BCUT2D eigenvalue weighted by Crippen LogP contribution is -2.24. The Balaban J connectivity index is 1.94. The van der Waals surface area contributed by atoms with E-state index in [1.165, 1.54) is 10.4 Å². The van der Waals surface area contributed by atoms with Crippen molar-refractivity contribution in [3.63, 3.8) is 0 Å². The van der Waals surface area contributed by atoms with E-state index in [2.05, 4.69) is 33.4 Å². The van der Waals surface area contributed by atoms with Gasteiger partial charge in [-0.1, -0.05) is 6.07 Å². The molecule has 0 radical (unpaired) electrons. The molecular weight excluding hydrogens is 324 g/mol. The van der Waals surface area contributed by atoms with Gasteiger partial charge in [0.05, 0.1) is 12.7 Å². The van der Waals surface area contributed by atoms with E-state index in [9.17, 15) is 5.11 Å². The van der Waals surface area contributed by atoms with Crippen molar-refractivity contribution in [2.45, 2.75) is 24.9 Å². The van der Waals surface area contributed by atoms with Crippen molar-refractivity contribution in [1.29, 1.82) is 0 Å². The van der Waals surface area contributed by atoms with Crippen LogP contribution >= 0.6 is 27.3 Å². The van der Waals surface area contributed by atoms with Crippen molar-refractivity contribution in [1.82, 2.24) is 0 Å². The van der Waals surface area contributed by atoms with Gasteiger partial charge in [-0.3, -0.25) is 0 Å². The number of hydrogen-bond acceptors (Lipinski definition) is 3. The van der Waals surface area contributed by atoms with Crippen LogP contribution < -0.4 is 4.74 Å². The minimum Gasteiger partial charge on any atom is -0.497 e. The molecule has 1 unspecified atom stereocenters. The lowest BCUT2D eigenvalue weighted by atomic mass is 9.91. The van der Waals surface area contributed by atoms with Gasteiger partial charge in [-0.25, -0.2) is 0 Å². The van der Waals surface area contributed by atoms with E-state index in [4.69, 9.17) is 4.74 Å². The predicted octanol–water partition coefficient (Wildman–Crippen LogP) is 3.90. The molecule has 0 bridgehead atoms. The summed E-state index contributed by atoms with van der Waals surface area (Å²) in [4.78, 5) is 1.20. The molecule has 0 saturated heterocycles. The molecule has 3 rings (SSSR count). The normalized spacial score (nSPS) is 21.4. The quantitative estimate of drug-likeness (QED) is 0.919. The summed E-state index contributed by atoms with van der Waals surface area (Å²) in [5, 5.41) is 13.0. The van der Waals surface area contributed by atoms with Gasteiger partial charge >= 0.3 is 0 Å². The lowest BCUT2D eigenvalue weighted by Gasteiger charge is -2.23. The van der Waals surface area contributed by atoms with Gasteiger partial charge in [0.15, 0.2) is 0 Å². The van der Waals surface area contributed by atoms with Crippen molar-refractivity contribution >= 4 is 27.3 Å². The molecule has 1 aromatic carbocycles. The van der Waals surface area contributed by atoms with E-state index in [0.717, 1.165) is 28.6 Å². The Morgan fingerprint density at radius 2 is 2.26 bits per heavy atom. The van der Waals surface area contributed by atoms with E-state index in [-0.39, 0.29) is 0 Å². The fourth-order valence-electron chi connectivity index (χ4n) is 2.73. The van der Waals surface area contributed by atoms with Gasteiger partial charge in [0.1, 0.15) is 5.75 Å². The molecule has 4 heteroatoms. The summed E-state index contributed by atoms with van der Waals surface area (Å²) in [7, 11) is 1.66. The van der Waals surface area contributed by atoms with E-state index in [0.29, 0.717) is 6.42 Å². The topological polar surface area (TPSA) is 29.5 Å². The summed E-state index contributed by atoms with van der Waals surface area (Å²) in [6.07, 6.45) is 2.39. The van der Waals surface area contributed by atoms with Crippen molar-refractivity contribution < 1.29 is 9.84 Å². The van der Waals surface area contributed by atoms with E-state index in [1.54, 1.807) is 18.4 Å². The molecule has 19 heavy (non-hydrogen) atoms. The molecule has 1 aliphatic rings. The zero-order valence-corrected chi connectivity index (χ0v) is 13.1. The zero-order chi connectivity index (χ0) is 13.5. The van der Waals surface area contributed by atoms with Crippen LogP contribution in [-0.4, -0.2) is 12.2 Å². The van der Waals surface area contributed by atoms with Crippen LogP contribution in [-0.2, 0) is 18.4 Å². The molecule has 1 atom stereocenters. The number of rotatable bonds is 3. The second kappa shape index (κ2) is 4.93. The first-order chi connectivity index (χ1) is 9.10. The molecule has 2 aromatic rings. The summed E-state index contributed by atoms with van der Waals surface area (Å²) in [5.41, 5.74) is 1.50. The Bertz CT molecular complexity index is 608. The molecule has 1 aliphatic carbocycles. The lowest BCUT2D eigenvalue weighted by molar-refractivity contribution is 0.0396. The molecule has 2 nitrogen and oxygen atoms in total. The predicted molar refractivity (Wildman–Crippen MR) is 80.9 cm³/mol. The van der Waals surface area contributed by atoms with Gasteiger partial charge < -0.3 is 9.84 Å². The van der Waals surface area contributed by atoms with Crippen molar-refractivity contribution in [2.24, 2.45) is 0 Å². The smallest absolute Gasteiger partial charge is 0.119 e. The maximum atomic E-state index is 11.0. The van der Waals surface area contributed by atoms with Crippen LogP contribution in [0.15, 0.2) is 34.1 Å². The molecular formula is C15H15BrO2S. The Morgan fingerprint density at radius 3 is 2.95 bits per heavy atom. The first-order valence-electron chi connectivity index (χ1n) is 6.23. The molecule has 1 aromatic heterocycles. The van der Waals surface area contributed by atoms with Gasteiger partial charge in [0, 0.05) is 21.2 Å². The van der Waals surface area contributed by atoms with Gasteiger partial charge in [-0.15, -0.1) is 11.3 Å². The summed E-state index contributed by atoms with van der Waals surface area (Å²) in [5.74, 6) is 0.812. The van der Waals surface area contributed by atoms with Crippen LogP contribution in [0, 0.1) is 0 Å². The highest BCUT2D eigenvalue weighted by Crippen LogP contribution is 2.42. The summed E-state index contributed by atoms with van der Waals surface area (Å²) in [6.45, 7) is 0. The second-order valence-electron chi connectivity index (χ2n) is 4.96. The summed E-state index contributed by atoms with van der Waals surface area (Å²) in [6, 6.07) is 8.09. The maximum Gasteiger partial charge on any atom is 0.119 e. The Kier molecular flexibility index (Phi) is 3.41. The SMILES string of the molecule is COc1ccc2c(c1)C(O)(Cc1cc(Br)cs1)CC2. The Labute approximate surface area is 125 Å². The number of aryl methyl sites for hydroxylation is 1. The van der Waals surface area contributed by atoms with Gasteiger partial charge in [0.25, 0.3) is 0 Å². The first-order valence-corrected chi connectivity index (χ1v) is 7.91. The van der Waals surface area contributed by atoms with E-state index in [1.807, 2.05) is 12.1 Å². The Hall–Kier alpha value is -0.840. The fraction of sp³-hybridized carbons (Fsp3) is 0.333. The van der Waals surface area contributed by atoms with Crippen LogP contribution in [0.1, 0.15) is 22.4 Å². The van der Waals surface area contributed by atoms with Crippen LogP contribution in [0.25, 0.3) is 0 Å². The summed E-state index contributed by atoms with van der Waals surface area (Å²) < 4.78 is 6.35. The Morgan fingerprint density at radius 1 is 1.42 bits per heavy atom. The van der Waals surface area contributed by atoms with E-state index < -0.39 is 5.60 Å². The first kappa shape index (κ1) is 13.2. The highest BCUT2D eigenvalue weighted by Gasteiger charge is 2.37. The molecule has 0 fully saturated rings. The minimum absolute atomic E-state index is 0.670. The number of halogens is 1. The van der Waals surface area contributed by atoms with Crippen molar-refractivity contribution in [3.8, 4) is 5.75 Å². The monoisotopic (exact) mass is 338 g/mol. The highest BCUT2D eigenvalue weighted by molar-refractivity contribution is 9.10. The second-order valence-corrected chi connectivity index (χ2v) is 6.87. The largest absolute Gasteiger partial charge is 0.497 e. The average molecular weight is 339 g/mol. The van der Waals surface area contributed by atoms with Gasteiger partial charge in [-0.05, 0) is 58.1 Å². The standard InChI is InChI=1S/C15H15BrO2S/c1-18-12-3-2-10-4-5-15(17,14(10)7-12)8-13-6-11(16)9-19-13/h2-3,6-7,9,17H,4-5,8H2,1H3. The minimum atomic E-state index is -0.756. The molecule has 0 aliphatic heterocycles. The number of benzene rings is 1. The molecule has 100 valence electrons. The maximum absolute atomic E-state index is 11.0. The van der Waals surface area contributed by atoms with Crippen LogP contribution in [0.2, 0.25) is 0 Å². The van der Waals surface area contributed by atoms with Gasteiger partial charge in [0.2, 0.25) is 0 Å². The molecule has 0 saturated carbocycles.